The van der Waals surface area contributed by atoms with Crippen LogP contribution in [0.1, 0.15) is 25.3 Å². The molecule has 1 aliphatic heterocycles. The predicted octanol–water partition coefficient (Wildman–Crippen LogP) is 3.94. The van der Waals surface area contributed by atoms with Crippen molar-refractivity contribution in [3.8, 4) is 11.5 Å². The maximum absolute atomic E-state index is 12.1. The monoisotopic (exact) mass is 368 g/mol. The number of hydrogen-bond donors (Lipinski definition) is 1. The Balaban J connectivity index is 1.48. The third-order valence-electron chi connectivity index (χ3n) is 4.81. The van der Waals surface area contributed by atoms with Gasteiger partial charge in [0.1, 0.15) is 0 Å². The van der Waals surface area contributed by atoms with Crippen LogP contribution in [0.15, 0.2) is 48.5 Å². The normalized spacial score (nSPS) is 17.3. The van der Waals surface area contributed by atoms with E-state index in [0.29, 0.717) is 11.5 Å². The van der Waals surface area contributed by atoms with Gasteiger partial charge in [-0.05, 0) is 55.1 Å². The van der Waals surface area contributed by atoms with Gasteiger partial charge in [-0.25, -0.2) is 0 Å². The average molecular weight is 368 g/mol. The molecule has 0 saturated carbocycles. The molecular formula is C22H28N2O3. The van der Waals surface area contributed by atoms with Crippen LogP contribution in [0.25, 0.3) is 0 Å². The molecular weight excluding hydrogens is 340 g/mol. The zero-order chi connectivity index (χ0) is 19.1. The lowest BCUT2D eigenvalue weighted by molar-refractivity contribution is -0.118. The van der Waals surface area contributed by atoms with E-state index in [0.717, 1.165) is 18.2 Å². The van der Waals surface area contributed by atoms with E-state index in [4.69, 9.17) is 9.47 Å². The van der Waals surface area contributed by atoms with Crippen molar-refractivity contribution in [2.75, 3.05) is 32.1 Å². The Bertz CT molecular complexity index is 745. The van der Waals surface area contributed by atoms with Crippen LogP contribution in [0.5, 0.6) is 11.5 Å². The number of benzene rings is 2. The Labute approximate surface area is 161 Å². The zero-order valence-corrected chi connectivity index (χ0v) is 16.1. The molecule has 1 atom stereocenters. The van der Waals surface area contributed by atoms with Crippen LogP contribution in [-0.4, -0.2) is 37.6 Å². The van der Waals surface area contributed by atoms with Crippen molar-refractivity contribution in [1.29, 1.82) is 0 Å². The number of ether oxygens (including phenoxy) is 2. The standard InChI is InChI=1S/C22H28N2O3/c1-17-6-5-13-24(14-17)15-18-9-11-19(12-10-18)23-22(25)16-27-21-8-4-3-7-20(21)26-2/h3-4,7-12,17H,5-6,13-16H2,1-2H3,(H,23,25)/t17-/m1/s1. The fraction of sp³-hybridized carbons (Fsp3) is 0.409. The van der Waals surface area contributed by atoms with Crippen LogP contribution in [0.3, 0.4) is 0 Å². The van der Waals surface area contributed by atoms with E-state index in [1.54, 1.807) is 19.2 Å². The van der Waals surface area contributed by atoms with Crippen molar-refractivity contribution < 1.29 is 14.3 Å². The minimum atomic E-state index is -0.196. The molecule has 1 fully saturated rings. The predicted molar refractivity (Wildman–Crippen MR) is 107 cm³/mol. The Morgan fingerprint density at radius 3 is 2.59 bits per heavy atom. The van der Waals surface area contributed by atoms with Crippen LogP contribution in [0.4, 0.5) is 5.69 Å². The van der Waals surface area contributed by atoms with E-state index in [9.17, 15) is 4.79 Å². The van der Waals surface area contributed by atoms with Crippen molar-refractivity contribution in [3.63, 3.8) is 0 Å². The number of rotatable bonds is 7. The molecule has 0 unspecified atom stereocenters. The Morgan fingerprint density at radius 1 is 1.15 bits per heavy atom. The highest BCUT2D eigenvalue weighted by molar-refractivity contribution is 5.91. The first-order chi connectivity index (χ1) is 13.1. The molecule has 0 aromatic heterocycles. The molecule has 0 spiro atoms. The lowest BCUT2D eigenvalue weighted by atomic mass is 10.00. The van der Waals surface area contributed by atoms with Gasteiger partial charge in [0.15, 0.2) is 18.1 Å². The number of para-hydroxylation sites is 2. The molecule has 5 nitrogen and oxygen atoms in total. The molecule has 0 bridgehead atoms. The number of nitrogens with one attached hydrogen (secondary N) is 1. The van der Waals surface area contributed by atoms with E-state index < -0.39 is 0 Å². The summed E-state index contributed by atoms with van der Waals surface area (Å²) < 4.78 is 10.8. The van der Waals surface area contributed by atoms with Crippen LogP contribution < -0.4 is 14.8 Å². The van der Waals surface area contributed by atoms with Crippen LogP contribution in [0.2, 0.25) is 0 Å². The van der Waals surface area contributed by atoms with Gasteiger partial charge in [0, 0.05) is 18.8 Å². The minimum absolute atomic E-state index is 0.0617. The minimum Gasteiger partial charge on any atom is -0.493 e. The summed E-state index contributed by atoms with van der Waals surface area (Å²) in [5.74, 6) is 1.75. The van der Waals surface area contributed by atoms with E-state index >= 15 is 0 Å². The van der Waals surface area contributed by atoms with Gasteiger partial charge in [0.05, 0.1) is 7.11 Å². The van der Waals surface area contributed by atoms with E-state index in [2.05, 4.69) is 29.3 Å². The van der Waals surface area contributed by atoms with Crippen molar-refractivity contribution >= 4 is 11.6 Å². The van der Waals surface area contributed by atoms with Crippen LogP contribution >= 0.6 is 0 Å². The first-order valence-electron chi connectivity index (χ1n) is 9.51. The third kappa shape index (κ3) is 5.73. The molecule has 27 heavy (non-hydrogen) atoms. The molecule has 3 rings (SSSR count). The van der Waals surface area contributed by atoms with Crippen molar-refractivity contribution in [3.05, 3.63) is 54.1 Å². The highest BCUT2D eigenvalue weighted by Crippen LogP contribution is 2.25. The fourth-order valence-corrected chi connectivity index (χ4v) is 3.46. The summed E-state index contributed by atoms with van der Waals surface area (Å²) in [6.45, 7) is 5.56. The fourth-order valence-electron chi connectivity index (χ4n) is 3.46. The van der Waals surface area contributed by atoms with Gasteiger partial charge >= 0.3 is 0 Å². The Hall–Kier alpha value is -2.53. The molecule has 0 radical (unpaired) electrons. The average Bonchev–Trinajstić information content (AvgIpc) is 2.68. The first kappa shape index (κ1) is 19.2. The Kier molecular flexibility index (Phi) is 6.71. The van der Waals surface area contributed by atoms with Gasteiger partial charge in [-0.1, -0.05) is 31.2 Å². The second kappa shape index (κ2) is 9.42. The van der Waals surface area contributed by atoms with Gasteiger partial charge in [0.2, 0.25) is 0 Å². The highest BCUT2D eigenvalue weighted by Gasteiger charge is 2.16. The second-order valence-electron chi connectivity index (χ2n) is 7.17. The smallest absolute Gasteiger partial charge is 0.262 e. The van der Waals surface area contributed by atoms with Crippen molar-refractivity contribution in [2.45, 2.75) is 26.3 Å². The van der Waals surface area contributed by atoms with Gasteiger partial charge in [-0.15, -0.1) is 0 Å². The molecule has 1 amide bonds. The molecule has 1 heterocycles. The summed E-state index contributed by atoms with van der Waals surface area (Å²) in [4.78, 5) is 14.6. The summed E-state index contributed by atoms with van der Waals surface area (Å²) in [7, 11) is 1.58. The quantitative estimate of drug-likeness (QED) is 0.804. The SMILES string of the molecule is COc1ccccc1OCC(=O)Nc1ccc(CN2CCC[C@@H](C)C2)cc1. The summed E-state index contributed by atoms with van der Waals surface area (Å²) in [5.41, 5.74) is 2.05. The molecule has 0 aliphatic carbocycles. The lowest BCUT2D eigenvalue weighted by Crippen LogP contribution is -2.33. The third-order valence-corrected chi connectivity index (χ3v) is 4.81. The number of carbonyl (C=O) groups excluding carboxylic acids is 1. The molecule has 1 N–H and O–H groups in total. The number of likely N-dealkylation sites (tertiary alicyclic amines) is 1. The number of hydrogen-bond acceptors (Lipinski definition) is 4. The van der Waals surface area contributed by atoms with Crippen LogP contribution in [-0.2, 0) is 11.3 Å². The number of carbonyl (C=O) groups is 1. The summed E-state index contributed by atoms with van der Waals surface area (Å²) in [6, 6.07) is 15.3. The second-order valence-corrected chi connectivity index (χ2v) is 7.17. The topological polar surface area (TPSA) is 50.8 Å². The van der Waals surface area contributed by atoms with E-state index in [-0.39, 0.29) is 12.5 Å². The zero-order valence-electron chi connectivity index (χ0n) is 16.1. The van der Waals surface area contributed by atoms with Gasteiger partial charge in [-0.2, -0.15) is 0 Å². The van der Waals surface area contributed by atoms with Gasteiger partial charge in [0.25, 0.3) is 5.91 Å². The van der Waals surface area contributed by atoms with Gasteiger partial charge in [-0.3, -0.25) is 9.69 Å². The largest absolute Gasteiger partial charge is 0.493 e. The highest BCUT2D eigenvalue weighted by atomic mass is 16.5. The molecule has 1 saturated heterocycles. The maximum Gasteiger partial charge on any atom is 0.262 e. The van der Waals surface area contributed by atoms with Crippen molar-refractivity contribution in [2.24, 2.45) is 5.92 Å². The lowest BCUT2D eigenvalue weighted by Gasteiger charge is -2.30. The number of anilines is 1. The molecule has 1 aliphatic rings. The summed E-state index contributed by atoms with van der Waals surface area (Å²) in [5, 5.41) is 2.87. The van der Waals surface area contributed by atoms with E-state index in [1.807, 2.05) is 24.3 Å². The Morgan fingerprint density at radius 2 is 1.89 bits per heavy atom. The number of piperidine rings is 1. The summed E-state index contributed by atoms with van der Waals surface area (Å²) in [6.07, 6.45) is 2.61. The summed E-state index contributed by atoms with van der Waals surface area (Å²) >= 11 is 0. The number of methoxy groups -OCH3 is 1. The van der Waals surface area contributed by atoms with Crippen LogP contribution in [0, 0.1) is 5.92 Å². The molecule has 144 valence electrons. The number of nitrogens with zero attached hydrogens (tertiary/aromatic N) is 1. The van der Waals surface area contributed by atoms with E-state index in [1.165, 1.54) is 31.5 Å². The number of amides is 1. The van der Waals surface area contributed by atoms with Gasteiger partial charge < -0.3 is 14.8 Å². The maximum atomic E-state index is 12.1. The molecule has 5 heteroatoms. The molecule has 2 aromatic carbocycles. The molecule has 2 aromatic rings. The van der Waals surface area contributed by atoms with Crippen molar-refractivity contribution in [1.82, 2.24) is 4.90 Å². The first-order valence-corrected chi connectivity index (χ1v) is 9.51.